The number of benzene rings is 1. The zero-order valence-electron chi connectivity index (χ0n) is 10.3. The van der Waals surface area contributed by atoms with Gasteiger partial charge in [0.25, 0.3) is 11.6 Å². The SMILES string of the molecule is Cc1cnc(NC(=O)c2ccc(C)c([N+](=O)[O-])c2)s1. The van der Waals surface area contributed by atoms with E-state index in [0.29, 0.717) is 10.7 Å². The Balaban J connectivity index is 2.24. The van der Waals surface area contributed by atoms with E-state index in [0.717, 1.165) is 4.88 Å². The predicted octanol–water partition coefficient (Wildman–Crippen LogP) is 2.92. The average Bonchev–Trinajstić information content (AvgIpc) is 2.74. The molecular weight excluding hydrogens is 266 g/mol. The average molecular weight is 277 g/mol. The van der Waals surface area contributed by atoms with Gasteiger partial charge in [0.1, 0.15) is 0 Å². The van der Waals surface area contributed by atoms with E-state index in [1.165, 1.54) is 17.4 Å². The van der Waals surface area contributed by atoms with Gasteiger partial charge in [-0.25, -0.2) is 4.98 Å². The van der Waals surface area contributed by atoms with Crippen LogP contribution in [0, 0.1) is 24.0 Å². The molecule has 1 amide bonds. The first kappa shape index (κ1) is 13.2. The monoisotopic (exact) mass is 277 g/mol. The van der Waals surface area contributed by atoms with Crippen LogP contribution in [0.25, 0.3) is 0 Å². The van der Waals surface area contributed by atoms with Gasteiger partial charge in [-0.1, -0.05) is 6.07 Å². The minimum atomic E-state index is -0.500. The smallest absolute Gasteiger partial charge is 0.273 e. The maximum absolute atomic E-state index is 11.9. The number of rotatable bonds is 3. The van der Waals surface area contributed by atoms with Crippen molar-refractivity contribution in [2.24, 2.45) is 0 Å². The Hall–Kier alpha value is -2.28. The third-order valence-corrected chi connectivity index (χ3v) is 3.34. The molecule has 0 radical (unpaired) electrons. The number of thiazole rings is 1. The molecule has 98 valence electrons. The number of carbonyl (C=O) groups excluding carboxylic acids is 1. The van der Waals surface area contributed by atoms with Crippen molar-refractivity contribution in [3.63, 3.8) is 0 Å². The summed E-state index contributed by atoms with van der Waals surface area (Å²) in [5, 5.41) is 13.9. The Labute approximate surface area is 113 Å². The van der Waals surface area contributed by atoms with Crippen molar-refractivity contribution in [3.05, 3.63) is 50.5 Å². The Morgan fingerprint density at radius 1 is 1.42 bits per heavy atom. The van der Waals surface area contributed by atoms with E-state index in [4.69, 9.17) is 0 Å². The number of aryl methyl sites for hydroxylation is 2. The summed E-state index contributed by atoms with van der Waals surface area (Å²) in [6.07, 6.45) is 1.65. The largest absolute Gasteiger partial charge is 0.298 e. The topological polar surface area (TPSA) is 85.1 Å². The molecule has 0 spiro atoms. The van der Waals surface area contributed by atoms with Crippen molar-refractivity contribution in [2.75, 3.05) is 5.32 Å². The highest BCUT2D eigenvalue weighted by Crippen LogP contribution is 2.21. The maximum Gasteiger partial charge on any atom is 0.273 e. The molecule has 1 aromatic heterocycles. The molecule has 1 heterocycles. The van der Waals surface area contributed by atoms with E-state index in [1.54, 1.807) is 25.3 Å². The summed E-state index contributed by atoms with van der Waals surface area (Å²) in [7, 11) is 0. The van der Waals surface area contributed by atoms with E-state index in [2.05, 4.69) is 10.3 Å². The van der Waals surface area contributed by atoms with Crippen LogP contribution in [0.15, 0.2) is 24.4 Å². The number of anilines is 1. The Morgan fingerprint density at radius 3 is 2.74 bits per heavy atom. The molecule has 1 N–H and O–H groups in total. The molecule has 0 bridgehead atoms. The summed E-state index contributed by atoms with van der Waals surface area (Å²) in [6.45, 7) is 3.51. The van der Waals surface area contributed by atoms with Gasteiger partial charge in [0.2, 0.25) is 0 Å². The van der Waals surface area contributed by atoms with Crippen LogP contribution in [-0.2, 0) is 0 Å². The van der Waals surface area contributed by atoms with Gasteiger partial charge in [0, 0.05) is 28.3 Å². The van der Waals surface area contributed by atoms with Crippen LogP contribution in [0.5, 0.6) is 0 Å². The van der Waals surface area contributed by atoms with Crippen LogP contribution in [0.4, 0.5) is 10.8 Å². The van der Waals surface area contributed by atoms with Gasteiger partial charge in [-0.2, -0.15) is 0 Å². The molecule has 1 aromatic carbocycles. The molecule has 0 aliphatic carbocycles. The number of hydrogen-bond donors (Lipinski definition) is 1. The van der Waals surface area contributed by atoms with Gasteiger partial charge in [0.15, 0.2) is 5.13 Å². The van der Waals surface area contributed by atoms with Gasteiger partial charge >= 0.3 is 0 Å². The Morgan fingerprint density at radius 2 is 2.16 bits per heavy atom. The summed E-state index contributed by atoms with van der Waals surface area (Å²) in [5.74, 6) is -0.405. The highest BCUT2D eigenvalue weighted by molar-refractivity contribution is 7.15. The van der Waals surface area contributed by atoms with Crippen LogP contribution in [-0.4, -0.2) is 15.8 Å². The molecule has 0 unspecified atom stereocenters. The second kappa shape index (κ2) is 5.15. The molecule has 0 aliphatic rings. The third-order valence-electron chi connectivity index (χ3n) is 2.51. The van der Waals surface area contributed by atoms with Gasteiger partial charge in [0.05, 0.1) is 4.92 Å². The van der Waals surface area contributed by atoms with Crippen molar-refractivity contribution in [1.29, 1.82) is 0 Å². The molecule has 2 aromatic rings. The second-order valence-corrected chi connectivity index (χ2v) is 5.22. The minimum absolute atomic E-state index is 0.0667. The molecule has 0 saturated heterocycles. The van der Waals surface area contributed by atoms with Crippen LogP contribution in [0.1, 0.15) is 20.8 Å². The lowest BCUT2D eigenvalue weighted by molar-refractivity contribution is -0.385. The minimum Gasteiger partial charge on any atom is -0.298 e. The predicted molar refractivity (Wildman–Crippen MR) is 72.6 cm³/mol. The lowest BCUT2D eigenvalue weighted by Gasteiger charge is -2.03. The number of nitrogens with zero attached hydrogens (tertiary/aromatic N) is 2. The van der Waals surface area contributed by atoms with Gasteiger partial charge in [-0.15, -0.1) is 11.3 Å². The van der Waals surface area contributed by atoms with Crippen LogP contribution in [0.3, 0.4) is 0 Å². The fourth-order valence-electron chi connectivity index (χ4n) is 1.53. The summed E-state index contributed by atoms with van der Waals surface area (Å²) >= 11 is 1.35. The molecule has 0 fully saturated rings. The molecule has 0 saturated carbocycles. The fraction of sp³-hybridized carbons (Fsp3) is 0.167. The first-order chi connectivity index (χ1) is 8.97. The van der Waals surface area contributed by atoms with Crippen molar-refractivity contribution in [3.8, 4) is 0 Å². The number of aromatic nitrogens is 1. The van der Waals surface area contributed by atoms with Crippen molar-refractivity contribution >= 4 is 28.1 Å². The van der Waals surface area contributed by atoms with Gasteiger partial charge in [-0.05, 0) is 19.9 Å². The zero-order chi connectivity index (χ0) is 14.0. The first-order valence-corrected chi connectivity index (χ1v) is 6.28. The number of nitrogens with one attached hydrogen (secondary N) is 1. The Bertz CT molecular complexity index is 651. The third kappa shape index (κ3) is 2.94. The zero-order valence-corrected chi connectivity index (χ0v) is 11.2. The second-order valence-electron chi connectivity index (χ2n) is 3.99. The highest BCUT2D eigenvalue weighted by atomic mass is 32.1. The highest BCUT2D eigenvalue weighted by Gasteiger charge is 2.15. The summed E-state index contributed by atoms with van der Waals surface area (Å²) in [6, 6.07) is 4.38. The molecule has 0 aliphatic heterocycles. The van der Waals surface area contributed by atoms with E-state index < -0.39 is 10.8 Å². The molecule has 7 heteroatoms. The maximum atomic E-state index is 11.9. The fourth-order valence-corrected chi connectivity index (χ4v) is 2.19. The quantitative estimate of drug-likeness (QED) is 0.690. The first-order valence-electron chi connectivity index (χ1n) is 5.46. The summed E-state index contributed by atoms with van der Waals surface area (Å²) in [4.78, 5) is 27.2. The molecule has 6 nitrogen and oxygen atoms in total. The van der Waals surface area contributed by atoms with Crippen LogP contribution in [0.2, 0.25) is 0 Å². The molecular formula is C12H11N3O3S. The lowest BCUT2D eigenvalue weighted by atomic mass is 10.1. The van der Waals surface area contributed by atoms with Crippen molar-refractivity contribution in [2.45, 2.75) is 13.8 Å². The summed E-state index contributed by atoms with van der Waals surface area (Å²) < 4.78 is 0. The van der Waals surface area contributed by atoms with Crippen LogP contribution >= 0.6 is 11.3 Å². The summed E-state index contributed by atoms with van der Waals surface area (Å²) in [5.41, 5.74) is 0.694. The number of carbonyl (C=O) groups is 1. The Kier molecular flexibility index (Phi) is 3.57. The lowest BCUT2D eigenvalue weighted by Crippen LogP contribution is -2.12. The van der Waals surface area contributed by atoms with Gasteiger partial charge in [-0.3, -0.25) is 20.2 Å². The normalized spacial score (nSPS) is 10.2. The number of amides is 1. The van der Waals surface area contributed by atoms with Crippen LogP contribution < -0.4 is 5.32 Å². The van der Waals surface area contributed by atoms with E-state index in [-0.39, 0.29) is 11.3 Å². The molecule has 19 heavy (non-hydrogen) atoms. The molecule has 0 atom stereocenters. The van der Waals surface area contributed by atoms with E-state index in [1.807, 2.05) is 6.92 Å². The molecule has 2 rings (SSSR count). The number of nitro benzene ring substituents is 1. The van der Waals surface area contributed by atoms with E-state index in [9.17, 15) is 14.9 Å². The van der Waals surface area contributed by atoms with Gasteiger partial charge < -0.3 is 0 Å². The van der Waals surface area contributed by atoms with Crippen molar-refractivity contribution in [1.82, 2.24) is 4.98 Å². The van der Waals surface area contributed by atoms with E-state index >= 15 is 0 Å². The van der Waals surface area contributed by atoms with Crippen molar-refractivity contribution < 1.29 is 9.72 Å². The number of hydrogen-bond acceptors (Lipinski definition) is 5. The number of nitro groups is 1. The standard InChI is InChI=1S/C12H11N3O3S/c1-7-3-4-9(5-10(7)15(17)18)11(16)14-12-13-6-8(2)19-12/h3-6H,1-2H3,(H,13,14,16).